The molecule has 0 fully saturated rings. The van der Waals surface area contributed by atoms with Gasteiger partial charge >= 0.3 is 0 Å². The molecule has 0 aliphatic carbocycles. The highest BCUT2D eigenvalue weighted by molar-refractivity contribution is 5.61. The van der Waals surface area contributed by atoms with E-state index in [-0.39, 0.29) is 11.9 Å². The number of nitrogens with two attached hydrogens (primary N) is 2. The van der Waals surface area contributed by atoms with E-state index in [4.69, 9.17) is 15.9 Å². The number of hydrogen-bond acceptors (Lipinski definition) is 6. The van der Waals surface area contributed by atoms with Gasteiger partial charge in [0.2, 0.25) is 11.9 Å². The van der Waals surface area contributed by atoms with Crippen LogP contribution in [0.1, 0.15) is 0 Å². The van der Waals surface area contributed by atoms with Gasteiger partial charge in [-0.15, -0.1) is 0 Å². The van der Waals surface area contributed by atoms with E-state index in [1.807, 2.05) is 0 Å². The van der Waals surface area contributed by atoms with Crippen LogP contribution < -0.4 is 11.5 Å². The molecule has 3 aromatic rings. The van der Waals surface area contributed by atoms with Crippen molar-refractivity contribution < 1.29 is 4.42 Å². The van der Waals surface area contributed by atoms with Gasteiger partial charge in [-0.3, -0.25) is 0 Å². The largest absolute Gasteiger partial charge is 0.463 e. The van der Waals surface area contributed by atoms with Gasteiger partial charge in [-0.1, -0.05) is 0 Å². The zero-order valence-corrected chi connectivity index (χ0v) is 8.16. The standard InChI is InChI=1S/C9H8N6O/c10-8-12-7-4-5(6-2-1-3-16-6)14-15(7)9(11)13-8/h1-4H,(H4,10,11,12,13). The summed E-state index contributed by atoms with van der Waals surface area (Å²) in [6.07, 6.45) is 1.57. The van der Waals surface area contributed by atoms with Crippen LogP contribution in [0.3, 0.4) is 0 Å². The SMILES string of the molecule is Nc1nc(N)n2nc(-c3ccco3)cc2n1. The number of fused-ring (bicyclic) bond motifs is 1. The first-order chi connectivity index (χ1) is 7.74. The molecular formula is C9H8N6O. The van der Waals surface area contributed by atoms with Crippen LogP contribution in [0.2, 0.25) is 0 Å². The van der Waals surface area contributed by atoms with Crippen LogP contribution in [0.25, 0.3) is 17.1 Å². The van der Waals surface area contributed by atoms with Crippen LogP contribution in [0.4, 0.5) is 11.9 Å². The Morgan fingerprint density at radius 2 is 2.12 bits per heavy atom. The Labute approximate surface area is 89.7 Å². The van der Waals surface area contributed by atoms with E-state index < -0.39 is 0 Å². The summed E-state index contributed by atoms with van der Waals surface area (Å²) < 4.78 is 6.63. The second-order valence-corrected chi connectivity index (χ2v) is 3.22. The number of anilines is 2. The van der Waals surface area contributed by atoms with Gasteiger partial charge < -0.3 is 15.9 Å². The van der Waals surface area contributed by atoms with Gasteiger partial charge in [0.1, 0.15) is 5.69 Å². The maximum atomic E-state index is 5.66. The molecule has 0 saturated heterocycles. The molecule has 4 N–H and O–H groups in total. The highest BCUT2D eigenvalue weighted by Gasteiger charge is 2.10. The van der Waals surface area contributed by atoms with Crippen LogP contribution in [-0.4, -0.2) is 19.6 Å². The number of hydrogen-bond donors (Lipinski definition) is 2. The Hall–Kier alpha value is -2.57. The summed E-state index contributed by atoms with van der Waals surface area (Å²) in [6.45, 7) is 0. The van der Waals surface area contributed by atoms with E-state index in [9.17, 15) is 0 Å². The van der Waals surface area contributed by atoms with Crippen molar-refractivity contribution in [1.29, 1.82) is 0 Å². The van der Waals surface area contributed by atoms with Gasteiger partial charge in [-0.2, -0.15) is 19.6 Å². The fourth-order valence-electron chi connectivity index (χ4n) is 1.47. The monoisotopic (exact) mass is 216 g/mol. The van der Waals surface area contributed by atoms with Crippen molar-refractivity contribution in [2.24, 2.45) is 0 Å². The molecule has 0 amide bonds. The molecule has 0 atom stereocenters. The summed E-state index contributed by atoms with van der Waals surface area (Å²) >= 11 is 0. The van der Waals surface area contributed by atoms with Crippen LogP contribution in [-0.2, 0) is 0 Å². The van der Waals surface area contributed by atoms with E-state index >= 15 is 0 Å². The van der Waals surface area contributed by atoms with Gasteiger partial charge in [0.15, 0.2) is 11.4 Å². The molecule has 0 radical (unpaired) electrons. The van der Waals surface area contributed by atoms with E-state index in [1.165, 1.54) is 4.52 Å². The smallest absolute Gasteiger partial charge is 0.226 e. The molecular weight excluding hydrogens is 208 g/mol. The van der Waals surface area contributed by atoms with Crippen LogP contribution in [0.15, 0.2) is 28.9 Å². The molecule has 3 rings (SSSR count). The lowest BCUT2D eigenvalue weighted by Gasteiger charge is -1.97. The van der Waals surface area contributed by atoms with E-state index in [0.29, 0.717) is 17.1 Å². The summed E-state index contributed by atoms with van der Waals surface area (Å²) in [6, 6.07) is 5.31. The Balaban J connectivity index is 2.27. The molecule has 0 aromatic carbocycles. The molecule has 80 valence electrons. The van der Waals surface area contributed by atoms with E-state index in [0.717, 1.165) is 0 Å². The lowest BCUT2D eigenvalue weighted by molar-refractivity contribution is 0.579. The highest BCUT2D eigenvalue weighted by Crippen LogP contribution is 2.20. The van der Waals surface area contributed by atoms with Crippen molar-refractivity contribution in [2.75, 3.05) is 11.5 Å². The minimum Gasteiger partial charge on any atom is -0.463 e. The summed E-state index contributed by atoms with van der Waals surface area (Å²) in [5.41, 5.74) is 12.3. The zero-order chi connectivity index (χ0) is 11.1. The first-order valence-electron chi connectivity index (χ1n) is 4.57. The third-order valence-electron chi connectivity index (χ3n) is 2.14. The van der Waals surface area contributed by atoms with Crippen molar-refractivity contribution >= 4 is 17.5 Å². The van der Waals surface area contributed by atoms with Crippen molar-refractivity contribution in [3.63, 3.8) is 0 Å². The summed E-state index contributed by atoms with van der Waals surface area (Å²) in [7, 11) is 0. The second kappa shape index (κ2) is 2.96. The summed E-state index contributed by atoms with van der Waals surface area (Å²) in [5, 5.41) is 4.21. The Morgan fingerprint density at radius 3 is 2.88 bits per heavy atom. The summed E-state index contributed by atoms with van der Waals surface area (Å²) in [5.74, 6) is 0.958. The number of nitrogens with zero attached hydrogens (tertiary/aromatic N) is 4. The predicted octanol–water partition coefficient (Wildman–Crippen LogP) is 0.549. The third kappa shape index (κ3) is 1.18. The molecule has 16 heavy (non-hydrogen) atoms. The lowest BCUT2D eigenvalue weighted by Crippen LogP contribution is -2.06. The number of rotatable bonds is 1. The normalized spacial score (nSPS) is 11.0. The van der Waals surface area contributed by atoms with Gasteiger partial charge in [0.25, 0.3) is 0 Å². The van der Waals surface area contributed by atoms with Crippen molar-refractivity contribution in [2.45, 2.75) is 0 Å². The van der Waals surface area contributed by atoms with Crippen LogP contribution >= 0.6 is 0 Å². The van der Waals surface area contributed by atoms with Crippen molar-refractivity contribution in [1.82, 2.24) is 19.6 Å². The molecule has 0 aliphatic heterocycles. The minimum atomic E-state index is 0.121. The lowest BCUT2D eigenvalue weighted by atomic mass is 10.3. The van der Waals surface area contributed by atoms with Gasteiger partial charge in [-0.25, -0.2) is 0 Å². The van der Waals surface area contributed by atoms with E-state index in [1.54, 1.807) is 24.5 Å². The zero-order valence-electron chi connectivity index (χ0n) is 8.16. The maximum Gasteiger partial charge on any atom is 0.226 e. The molecule has 3 aromatic heterocycles. The maximum absolute atomic E-state index is 5.66. The Kier molecular flexibility index (Phi) is 1.61. The highest BCUT2D eigenvalue weighted by atomic mass is 16.3. The molecule has 7 nitrogen and oxygen atoms in total. The number of nitrogen functional groups attached to an aromatic ring is 2. The predicted molar refractivity (Wildman–Crippen MR) is 57.3 cm³/mol. The molecule has 0 bridgehead atoms. The Bertz CT molecular complexity index is 641. The number of furan rings is 1. The molecule has 0 saturated carbocycles. The molecule has 0 spiro atoms. The van der Waals surface area contributed by atoms with Crippen LogP contribution in [0, 0.1) is 0 Å². The molecule has 3 heterocycles. The first kappa shape index (κ1) is 8.72. The average molecular weight is 216 g/mol. The summed E-state index contributed by atoms with van der Waals surface area (Å²) in [4.78, 5) is 7.82. The van der Waals surface area contributed by atoms with Gasteiger partial charge in [0.05, 0.1) is 6.26 Å². The fourth-order valence-corrected chi connectivity index (χ4v) is 1.47. The third-order valence-corrected chi connectivity index (χ3v) is 2.14. The Morgan fingerprint density at radius 1 is 1.25 bits per heavy atom. The van der Waals surface area contributed by atoms with E-state index in [2.05, 4.69) is 15.1 Å². The quantitative estimate of drug-likeness (QED) is 0.614. The van der Waals surface area contributed by atoms with Crippen molar-refractivity contribution in [3.8, 4) is 11.5 Å². The average Bonchev–Trinajstić information content (AvgIpc) is 2.82. The van der Waals surface area contributed by atoms with Crippen LogP contribution in [0.5, 0.6) is 0 Å². The molecule has 0 aliphatic rings. The first-order valence-corrected chi connectivity index (χ1v) is 4.57. The minimum absolute atomic E-state index is 0.121. The molecule has 7 heteroatoms. The number of aromatic nitrogens is 4. The van der Waals surface area contributed by atoms with Crippen molar-refractivity contribution in [3.05, 3.63) is 24.5 Å². The van der Waals surface area contributed by atoms with Gasteiger partial charge in [-0.05, 0) is 12.1 Å². The molecule has 0 unspecified atom stereocenters. The topological polar surface area (TPSA) is 108 Å². The fraction of sp³-hybridized carbons (Fsp3) is 0. The second-order valence-electron chi connectivity index (χ2n) is 3.22. The van der Waals surface area contributed by atoms with Gasteiger partial charge in [0, 0.05) is 6.07 Å².